The second kappa shape index (κ2) is 6.26. The third kappa shape index (κ3) is 3.19. The summed E-state index contributed by atoms with van der Waals surface area (Å²) in [7, 11) is 0. The van der Waals surface area contributed by atoms with Gasteiger partial charge in [-0.2, -0.15) is 0 Å². The topological polar surface area (TPSA) is 24.9 Å². The van der Waals surface area contributed by atoms with Gasteiger partial charge in [-0.1, -0.05) is 35.0 Å². The zero-order chi connectivity index (χ0) is 13.8. The van der Waals surface area contributed by atoms with Crippen LogP contribution in [-0.2, 0) is 0 Å². The van der Waals surface area contributed by atoms with E-state index in [2.05, 4.69) is 26.2 Å². The van der Waals surface area contributed by atoms with Crippen LogP contribution in [0.3, 0.4) is 0 Å². The van der Waals surface area contributed by atoms with Crippen LogP contribution in [0.2, 0.25) is 0 Å². The number of hydrogen-bond donors (Lipinski definition) is 1. The Kier molecular flexibility index (Phi) is 4.66. The summed E-state index contributed by atoms with van der Waals surface area (Å²) in [6, 6.07) is 7.63. The van der Waals surface area contributed by atoms with Crippen LogP contribution in [0.25, 0.3) is 0 Å². The number of rotatable bonds is 4. The third-order valence-corrected chi connectivity index (χ3v) is 3.68. The van der Waals surface area contributed by atoms with Gasteiger partial charge < -0.3 is 5.32 Å². The van der Waals surface area contributed by atoms with Crippen molar-refractivity contribution in [2.24, 2.45) is 0 Å². The fraction of sp³-hybridized carbons (Fsp3) is 0.267. The summed E-state index contributed by atoms with van der Waals surface area (Å²) in [6.07, 6.45) is 2.87. The molecule has 1 N–H and O–H groups in total. The van der Waals surface area contributed by atoms with Crippen LogP contribution in [0.15, 0.2) is 41.1 Å². The number of hydrogen-bond acceptors (Lipinski definition) is 2. The summed E-state index contributed by atoms with van der Waals surface area (Å²) in [5.41, 5.74) is 2.81. The molecule has 0 saturated carbocycles. The minimum absolute atomic E-state index is 0.178. The quantitative estimate of drug-likeness (QED) is 0.920. The lowest BCUT2D eigenvalue weighted by molar-refractivity contribution is 0.553. The van der Waals surface area contributed by atoms with Crippen LogP contribution in [0, 0.1) is 12.7 Å². The summed E-state index contributed by atoms with van der Waals surface area (Å²) in [4.78, 5) is 3.80. The van der Waals surface area contributed by atoms with E-state index in [1.165, 1.54) is 11.8 Å². The molecule has 19 heavy (non-hydrogen) atoms. The summed E-state index contributed by atoms with van der Waals surface area (Å²) in [5, 5.41) is 3.32. The van der Waals surface area contributed by atoms with Crippen molar-refractivity contribution in [3.63, 3.8) is 0 Å². The molecule has 1 unspecified atom stereocenters. The maximum absolute atomic E-state index is 13.9. The molecule has 2 aromatic rings. The van der Waals surface area contributed by atoms with Crippen LogP contribution >= 0.6 is 15.9 Å². The molecule has 0 bridgehead atoms. The van der Waals surface area contributed by atoms with E-state index >= 15 is 0 Å². The zero-order valence-corrected chi connectivity index (χ0v) is 12.5. The smallest absolute Gasteiger partial charge is 0.146 e. The number of benzene rings is 1. The average Bonchev–Trinajstić information content (AvgIpc) is 2.38. The highest BCUT2D eigenvalue weighted by Gasteiger charge is 2.19. The molecule has 0 aliphatic heterocycles. The Labute approximate surface area is 121 Å². The van der Waals surface area contributed by atoms with E-state index in [9.17, 15) is 4.39 Å². The zero-order valence-electron chi connectivity index (χ0n) is 11.0. The fourth-order valence-electron chi connectivity index (χ4n) is 2.08. The molecule has 2 nitrogen and oxygen atoms in total. The van der Waals surface area contributed by atoms with Crippen LogP contribution in [0.4, 0.5) is 4.39 Å². The molecular formula is C15H16BrFN2. The van der Waals surface area contributed by atoms with Crippen molar-refractivity contribution in [2.75, 3.05) is 6.54 Å². The number of aryl methyl sites for hydroxylation is 1. The summed E-state index contributed by atoms with van der Waals surface area (Å²) < 4.78 is 14.9. The minimum atomic E-state index is -0.291. The predicted octanol–water partition coefficient (Wildman–Crippen LogP) is 3.99. The number of pyridine rings is 1. The van der Waals surface area contributed by atoms with Gasteiger partial charge in [-0.3, -0.25) is 4.98 Å². The Morgan fingerprint density at radius 2 is 2.11 bits per heavy atom. The Balaban J connectivity index is 2.48. The Bertz CT molecular complexity index is 572. The molecule has 100 valence electrons. The third-order valence-electron chi connectivity index (χ3n) is 2.99. The van der Waals surface area contributed by atoms with Crippen molar-refractivity contribution in [1.29, 1.82) is 0 Å². The molecule has 0 aliphatic rings. The van der Waals surface area contributed by atoms with Gasteiger partial charge in [0.05, 0.1) is 12.2 Å². The molecule has 0 spiro atoms. The van der Waals surface area contributed by atoms with E-state index in [-0.39, 0.29) is 11.9 Å². The molecule has 1 aromatic heterocycles. The maximum Gasteiger partial charge on any atom is 0.146 e. The van der Waals surface area contributed by atoms with Gasteiger partial charge in [0, 0.05) is 16.2 Å². The number of aromatic nitrogens is 1. The highest BCUT2D eigenvalue weighted by Crippen LogP contribution is 2.30. The molecule has 0 amide bonds. The summed E-state index contributed by atoms with van der Waals surface area (Å²) in [5.74, 6) is -0.291. The van der Waals surface area contributed by atoms with Crippen molar-refractivity contribution in [3.05, 3.63) is 63.6 Å². The number of nitrogens with zero attached hydrogens (tertiary/aromatic N) is 1. The molecular weight excluding hydrogens is 307 g/mol. The van der Waals surface area contributed by atoms with Crippen molar-refractivity contribution < 1.29 is 4.39 Å². The van der Waals surface area contributed by atoms with Crippen molar-refractivity contribution >= 4 is 15.9 Å². The van der Waals surface area contributed by atoms with Crippen LogP contribution in [0.1, 0.15) is 29.7 Å². The van der Waals surface area contributed by atoms with Gasteiger partial charge in [0.2, 0.25) is 0 Å². The molecule has 0 radical (unpaired) electrons. The average molecular weight is 323 g/mol. The second-order valence-electron chi connectivity index (χ2n) is 4.41. The van der Waals surface area contributed by atoms with E-state index in [1.807, 2.05) is 32.0 Å². The lowest BCUT2D eigenvalue weighted by atomic mass is 9.98. The highest BCUT2D eigenvalue weighted by molar-refractivity contribution is 9.10. The van der Waals surface area contributed by atoms with Gasteiger partial charge in [-0.25, -0.2) is 4.39 Å². The first kappa shape index (κ1) is 14.2. The first-order chi connectivity index (χ1) is 9.13. The van der Waals surface area contributed by atoms with Crippen LogP contribution in [-0.4, -0.2) is 11.5 Å². The molecule has 1 atom stereocenters. The molecule has 0 fully saturated rings. The summed E-state index contributed by atoms with van der Waals surface area (Å²) in [6.45, 7) is 4.80. The van der Waals surface area contributed by atoms with Crippen molar-refractivity contribution in [2.45, 2.75) is 19.9 Å². The van der Waals surface area contributed by atoms with Gasteiger partial charge in [0.25, 0.3) is 0 Å². The van der Waals surface area contributed by atoms with E-state index in [0.717, 1.165) is 16.6 Å². The Morgan fingerprint density at radius 1 is 1.32 bits per heavy atom. The molecule has 2 rings (SSSR count). The lowest BCUT2D eigenvalue weighted by Gasteiger charge is -2.21. The number of halogens is 2. The monoisotopic (exact) mass is 322 g/mol. The van der Waals surface area contributed by atoms with Gasteiger partial charge in [0.15, 0.2) is 0 Å². The minimum Gasteiger partial charge on any atom is -0.306 e. The van der Waals surface area contributed by atoms with E-state index in [1.54, 1.807) is 12.3 Å². The fourth-order valence-corrected chi connectivity index (χ4v) is 2.80. The molecule has 1 heterocycles. The SMILES string of the molecule is CCNC(c1ccncc1F)c1ccc(C)cc1Br. The molecule has 1 aromatic carbocycles. The van der Waals surface area contributed by atoms with Gasteiger partial charge >= 0.3 is 0 Å². The molecule has 0 saturated heterocycles. The standard InChI is InChI=1S/C15H16BrFN2/c1-3-19-15(12-6-7-18-9-14(12)17)11-5-4-10(2)8-13(11)16/h4-9,15,19H,3H2,1-2H3. The van der Waals surface area contributed by atoms with Crippen LogP contribution < -0.4 is 5.32 Å². The Hall–Kier alpha value is -1.26. The second-order valence-corrected chi connectivity index (χ2v) is 5.27. The van der Waals surface area contributed by atoms with E-state index in [0.29, 0.717) is 5.56 Å². The van der Waals surface area contributed by atoms with Gasteiger partial charge in [-0.15, -0.1) is 0 Å². The largest absolute Gasteiger partial charge is 0.306 e. The summed E-state index contributed by atoms with van der Waals surface area (Å²) >= 11 is 3.56. The van der Waals surface area contributed by atoms with Gasteiger partial charge in [0.1, 0.15) is 5.82 Å². The van der Waals surface area contributed by atoms with E-state index < -0.39 is 0 Å². The van der Waals surface area contributed by atoms with Crippen LogP contribution in [0.5, 0.6) is 0 Å². The molecule has 4 heteroatoms. The maximum atomic E-state index is 13.9. The highest BCUT2D eigenvalue weighted by atomic mass is 79.9. The van der Waals surface area contributed by atoms with Crippen molar-refractivity contribution in [3.8, 4) is 0 Å². The van der Waals surface area contributed by atoms with Gasteiger partial charge in [-0.05, 0) is 36.7 Å². The lowest BCUT2D eigenvalue weighted by Crippen LogP contribution is -2.23. The van der Waals surface area contributed by atoms with E-state index in [4.69, 9.17) is 0 Å². The Morgan fingerprint density at radius 3 is 2.74 bits per heavy atom. The normalized spacial score (nSPS) is 12.4. The number of nitrogens with one attached hydrogen (secondary N) is 1. The molecule has 0 aliphatic carbocycles. The van der Waals surface area contributed by atoms with Crippen molar-refractivity contribution in [1.82, 2.24) is 10.3 Å². The first-order valence-electron chi connectivity index (χ1n) is 6.22. The predicted molar refractivity (Wildman–Crippen MR) is 78.6 cm³/mol. The first-order valence-corrected chi connectivity index (χ1v) is 7.01.